The fraction of sp³-hybridized carbons (Fsp3) is 0.458. The number of carbonyl (C=O) groups excluding carboxylic acids is 3. The number of hydrogen-bond acceptors (Lipinski definition) is 6. The van der Waals surface area contributed by atoms with E-state index in [1.54, 1.807) is 32.1 Å². The van der Waals surface area contributed by atoms with Gasteiger partial charge in [-0.25, -0.2) is 0 Å². The first-order valence-corrected chi connectivity index (χ1v) is 11.6. The molecule has 0 fully saturated rings. The van der Waals surface area contributed by atoms with Crippen LogP contribution >= 0.6 is 11.3 Å². The Balaban J connectivity index is 1.65. The van der Waals surface area contributed by atoms with Crippen LogP contribution < -0.4 is 5.73 Å². The molecular formula is C24H30N2O5S. The quantitative estimate of drug-likeness (QED) is 0.562. The van der Waals surface area contributed by atoms with Gasteiger partial charge < -0.3 is 20.5 Å². The Kier molecular flexibility index (Phi) is 7.36. The number of nitrogens with two attached hydrogens (primary N) is 1. The lowest BCUT2D eigenvalue weighted by atomic mass is 10.0. The van der Waals surface area contributed by atoms with Crippen LogP contribution in [0.25, 0.3) is 0 Å². The predicted molar refractivity (Wildman–Crippen MR) is 122 cm³/mol. The Bertz CT molecular complexity index is 991. The third-order valence-corrected chi connectivity index (χ3v) is 6.48. The second-order valence-corrected chi connectivity index (χ2v) is 9.97. The van der Waals surface area contributed by atoms with E-state index in [4.69, 9.17) is 10.5 Å². The third kappa shape index (κ3) is 5.75. The minimum absolute atomic E-state index is 0.0121. The average molecular weight is 459 g/mol. The number of nitrogens with zero attached hydrogens (tertiary/aromatic N) is 1. The first-order chi connectivity index (χ1) is 15.1. The van der Waals surface area contributed by atoms with E-state index >= 15 is 0 Å². The summed E-state index contributed by atoms with van der Waals surface area (Å²) in [5, 5.41) is 11.0. The van der Waals surface area contributed by atoms with Crippen LogP contribution in [0.15, 0.2) is 29.6 Å². The molecule has 3 N–H and O–H groups in total. The van der Waals surface area contributed by atoms with Gasteiger partial charge in [0.1, 0.15) is 11.6 Å². The predicted octanol–water partition coefficient (Wildman–Crippen LogP) is 2.96. The Morgan fingerprint density at radius 2 is 1.84 bits per heavy atom. The Morgan fingerprint density at radius 1 is 1.19 bits per heavy atom. The lowest BCUT2D eigenvalue weighted by Crippen LogP contribution is -2.45. The Morgan fingerprint density at radius 3 is 2.44 bits per heavy atom. The van der Waals surface area contributed by atoms with Crippen LogP contribution in [0, 0.1) is 0 Å². The smallest absolute Gasteiger partial charge is 0.306 e. The van der Waals surface area contributed by atoms with Gasteiger partial charge in [0, 0.05) is 23.2 Å². The van der Waals surface area contributed by atoms with Crippen molar-refractivity contribution in [3.63, 3.8) is 0 Å². The molecule has 0 bridgehead atoms. The summed E-state index contributed by atoms with van der Waals surface area (Å²) >= 11 is 1.55. The highest BCUT2D eigenvalue weighted by Gasteiger charge is 2.37. The van der Waals surface area contributed by atoms with Gasteiger partial charge in [-0.3, -0.25) is 14.4 Å². The number of ether oxygens (including phenoxy) is 1. The lowest BCUT2D eigenvalue weighted by molar-refractivity contribution is -0.155. The number of aliphatic hydroxyl groups is 1. The number of fused-ring (bicyclic) bond motifs is 1. The molecule has 1 atom stereocenters. The second-order valence-electron chi connectivity index (χ2n) is 9.00. The van der Waals surface area contributed by atoms with Gasteiger partial charge in [-0.2, -0.15) is 0 Å². The first-order valence-electron chi connectivity index (χ1n) is 10.7. The summed E-state index contributed by atoms with van der Waals surface area (Å²) in [6, 6.07) is 6.95. The summed E-state index contributed by atoms with van der Waals surface area (Å²) < 4.78 is 5.31. The molecule has 1 aliphatic rings. The van der Waals surface area contributed by atoms with Crippen molar-refractivity contribution in [2.24, 2.45) is 5.73 Å². The van der Waals surface area contributed by atoms with Crippen LogP contribution in [-0.2, 0) is 40.3 Å². The number of benzene rings is 1. The fourth-order valence-electron chi connectivity index (χ4n) is 3.80. The highest BCUT2D eigenvalue weighted by Crippen LogP contribution is 2.34. The van der Waals surface area contributed by atoms with Crippen molar-refractivity contribution in [3.05, 3.63) is 56.8 Å². The van der Waals surface area contributed by atoms with Crippen molar-refractivity contribution in [2.45, 2.75) is 71.2 Å². The highest BCUT2D eigenvalue weighted by atomic mass is 32.1. The number of amides is 2. The topological polar surface area (TPSA) is 110 Å². The van der Waals surface area contributed by atoms with Crippen molar-refractivity contribution < 1.29 is 24.2 Å². The Labute approximate surface area is 192 Å². The monoisotopic (exact) mass is 458 g/mol. The average Bonchev–Trinajstić information content (AvgIpc) is 3.26. The van der Waals surface area contributed by atoms with Crippen molar-refractivity contribution in [3.8, 4) is 0 Å². The van der Waals surface area contributed by atoms with Crippen LogP contribution in [0.2, 0.25) is 0 Å². The summed E-state index contributed by atoms with van der Waals surface area (Å²) in [5.41, 5.74) is 8.56. The number of hydrogen-bond donors (Lipinski definition) is 2. The number of aryl methyl sites for hydroxylation is 2. The number of esters is 1. The maximum atomic E-state index is 13.0. The standard InChI is InChI=1S/C24H30N2O5S/c1-24(2,3)31-21(28)11-9-19(22(25)29)26-12-17-18(23(26)30)14-32-20(17)10-8-15-4-6-16(13-27)7-5-15/h4-7,14,19,27H,8-13H2,1-3H3,(H2,25,29). The molecule has 1 unspecified atom stereocenters. The molecule has 2 amide bonds. The van der Waals surface area contributed by atoms with E-state index < -0.39 is 23.5 Å². The van der Waals surface area contributed by atoms with E-state index in [1.165, 1.54) is 4.90 Å². The van der Waals surface area contributed by atoms with E-state index in [0.29, 0.717) is 12.1 Å². The van der Waals surface area contributed by atoms with Crippen molar-refractivity contribution in [1.82, 2.24) is 4.90 Å². The van der Waals surface area contributed by atoms with Gasteiger partial charge in [0.05, 0.1) is 12.2 Å². The number of thiophene rings is 1. The van der Waals surface area contributed by atoms with Gasteiger partial charge in [-0.05, 0) is 56.7 Å². The molecule has 3 rings (SSSR count). The molecule has 0 aliphatic carbocycles. The van der Waals surface area contributed by atoms with E-state index in [0.717, 1.165) is 34.4 Å². The molecule has 0 saturated heterocycles. The van der Waals surface area contributed by atoms with Gasteiger partial charge in [0.2, 0.25) is 5.91 Å². The Hall–Kier alpha value is -2.71. The zero-order valence-corrected chi connectivity index (χ0v) is 19.5. The molecule has 2 heterocycles. The van der Waals surface area contributed by atoms with Crippen LogP contribution in [0.5, 0.6) is 0 Å². The normalized spacial score (nSPS) is 14.4. The maximum absolute atomic E-state index is 13.0. The van der Waals surface area contributed by atoms with Gasteiger partial charge >= 0.3 is 5.97 Å². The van der Waals surface area contributed by atoms with Crippen LogP contribution in [0.3, 0.4) is 0 Å². The van der Waals surface area contributed by atoms with Gasteiger partial charge in [0.15, 0.2) is 0 Å². The molecule has 7 nitrogen and oxygen atoms in total. The number of aliphatic hydroxyl groups excluding tert-OH is 1. The SMILES string of the molecule is CC(C)(C)OC(=O)CCC(C(N)=O)N1Cc2c(csc2CCc2ccc(CO)cc2)C1=O. The second kappa shape index (κ2) is 9.83. The molecular weight excluding hydrogens is 428 g/mol. The molecule has 172 valence electrons. The summed E-state index contributed by atoms with van der Waals surface area (Å²) in [4.78, 5) is 39.7. The van der Waals surface area contributed by atoms with Gasteiger partial charge in [0.25, 0.3) is 5.91 Å². The number of rotatable bonds is 9. The summed E-state index contributed by atoms with van der Waals surface area (Å²) in [7, 11) is 0. The number of carbonyl (C=O) groups is 3. The zero-order valence-electron chi connectivity index (χ0n) is 18.7. The van der Waals surface area contributed by atoms with Crippen LogP contribution in [0.4, 0.5) is 0 Å². The molecule has 1 aliphatic heterocycles. The third-order valence-electron chi connectivity index (χ3n) is 5.39. The van der Waals surface area contributed by atoms with Crippen molar-refractivity contribution >= 4 is 29.1 Å². The highest BCUT2D eigenvalue weighted by molar-refractivity contribution is 7.10. The molecule has 2 aromatic rings. The first kappa shape index (κ1) is 23.9. The fourth-order valence-corrected chi connectivity index (χ4v) is 4.84. The summed E-state index contributed by atoms with van der Waals surface area (Å²) in [6.45, 7) is 5.67. The molecule has 32 heavy (non-hydrogen) atoms. The van der Waals surface area contributed by atoms with Crippen LogP contribution in [-0.4, -0.2) is 39.4 Å². The largest absolute Gasteiger partial charge is 0.460 e. The minimum atomic E-state index is -0.855. The molecule has 0 saturated carbocycles. The summed E-state index contributed by atoms with van der Waals surface area (Å²) in [6.07, 6.45) is 1.73. The lowest BCUT2D eigenvalue weighted by Gasteiger charge is -2.26. The maximum Gasteiger partial charge on any atom is 0.306 e. The van der Waals surface area contributed by atoms with Gasteiger partial charge in [-0.15, -0.1) is 11.3 Å². The molecule has 0 radical (unpaired) electrons. The minimum Gasteiger partial charge on any atom is -0.460 e. The molecule has 1 aromatic carbocycles. The molecule has 8 heteroatoms. The van der Waals surface area contributed by atoms with Crippen molar-refractivity contribution in [1.29, 1.82) is 0 Å². The van der Waals surface area contributed by atoms with Gasteiger partial charge in [-0.1, -0.05) is 24.3 Å². The van der Waals surface area contributed by atoms with E-state index in [2.05, 4.69) is 0 Å². The molecule has 0 spiro atoms. The molecule has 1 aromatic heterocycles. The van der Waals surface area contributed by atoms with Crippen molar-refractivity contribution in [2.75, 3.05) is 0 Å². The number of primary amides is 1. The zero-order chi connectivity index (χ0) is 23.5. The van der Waals surface area contributed by atoms with E-state index in [1.807, 2.05) is 29.6 Å². The van der Waals surface area contributed by atoms with E-state index in [9.17, 15) is 19.5 Å². The van der Waals surface area contributed by atoms with Crippen LogP contribution in [0.1, 0.15) is 65.5 Å². The summed E-state index contributed by atoms with van der Waals surface area (Å²) in [5.74, 6) is -1.26. The van der Waals surface area contributed by atoms with E-state index in [-0.39, 0.29) is 25.4 Å².